The van der Waals surface area contributed by atoms with Crippen molar-refractivity contribution in [2.24, 2.45) is 0 Å². The number of hydrogen-bond donors (Lipinski definition) is 0. The van der Waals surface area contributed by atoms with Crippen LogP contribution in [0.25, 0.3) is 0 Å². The SMILES string of the molecule is CO/C=C/CCOc1ccc(C)cc1. The molecule has 0 bridgehead atoms. The Morgan fingerprint density at radius 1 is 1.21 bits per heavy atom. The molecule has 0 aliphatic heterocycles. The molecule has 0 amide bonds. The monoisotopic (exact) mass is 192 g/mol. The summed E-state index contributed by atoms with van der Waals surface area (Å²) in [5.74, 6) is 0.918. The molecular formula is C12H16O2. The smallest absolute Gasteiger partial charge is 0.119 e. The minimum Gasteiger partial charge on any atom is -0.505 e. The van der Waals surface area contributed by atoms with Gasteiger partial charge in [0.25, 0.3) is 0 Å². The van der Waals surface area contributed by atoms with Crippen LogP contribution >= 0.6 is 0 Å². The first kappa shape index (κ1) is 10.6. The van der Waals surface area contributed by atoms with Crippen LogP contribution in [0.2, 0.25) is 0 Å². The summed E-state index contributed by atoms with van der Waals surface area (Å²) in [6.07, 6.45) is 4.47. The van der Waals surface area contributed by atoms with Crippen LogP contribution in [0.15, 0.2) is 36.6 Å². The number of benzene rings is 1. The predicted molar refractivity (Wildman–Crippen MR) is 57.4 cm³/mol. The zero-order valence-corrected chi connectivity index (χ0v) is 8.69. The van der Waals surface area contributed by atoms with Gasteiger partial charge in [0, 0.05) is 6.42 Å². The summed E-state index contributed by atoms with van der Waals surface area (Å²) in [5.41, 5.74) is 1.25. The standard InChI is InChI=1S/C12H16O2/c1-11-5-7-12(8-6-11)14-10-4-3-9-13-2/h3,5-9H,4,10H2,1-2H3/b9-3+. The Bertz CT molecular complexity index is 275. The highest BCUT2D eigenvalue weighted by molar-refractivity contribution is 5.26. The first-order valence-electron chi connectivity index (χ1n) is 4.70. The average molecular weight is 192 g/mol. The van der Waals surface area contributed by atoms with E-state index in [0.717, 1.165) is 12.2 Å². The van der Waals surface area contributed by atoms with Crippen LogP contribution in [-0.4, -0.2) is 13.7 Å². The highest BCUT2D eigenvalue weighted by Crippen LogP contribution is 2.11. The highest BCUT2D eigenvalue weighted by Gasteiger charge is 1.90. The van der Waals surface area contributed by atoms with Gasteiger partial charge in [-0.1, -0.05) is 17.7 Å². The summed E-state index contributed by atoms with van der Waals surface area (Å²) in [6.45, 7) is 2.74. The molecule has 0 atom stereocenters. The van der Waals surface area contributed by atoms with Gasteiger partial charge in [0.1, 0.15) is 5.75 Å². The van der Waals surface area contributed by atoms with Crippen molar-refractivity contribution in [3.8, 4) is 5.75 Å². The van der Waals surface area contributed by atoms with E-state index in [4.69, 9.17) is 9.47 Å². The summed E-state index contributed by atoms with van der Waals surface area (Å²) in [6, 6.07) is 8.05. The van der Waals surface area contributed by atoms with Gasteiger partial charge in [0.05, 0.1) is 20.0 Å². The molecule has 0 heterocycles. The fraction of sp³-hybridized carbons (Fsp3) is 0.333. The Kier molecular flexibility index (Phi) is 4.62. The Morgan fingerprint density at radius 2 is 1.93 bits per heavy atom. The molecule has 0 saturated carbocycles. The number of rotatable bonds is 5. The maximum absolute atomic E-state index is 5.50. The third-order valence-electron chi connectivity index (χ3n) is 1.81. The van der Waals surface area contributed by atoms with Crippen molar-refractivity contribution >= 4 is 0 Å². The van der Waals surface area contributed by atoms with Crippen molar-refractivity contribution in [2.45, 2.75) is 13.3 Å². The Labute approximate surface area is 85.2 Å². The number of ether oxygens (including phenoxy) is 2. The predicted octanol–water partition coefficient (Wildman–Crippen LogP) is 2.92. The van der Waals surface area contributed by atoms with Crippen molar-refractivity contribution < 1.29 is 9.47 Å². The quantitative estimate of drug-likeness (QED) is 0.527. The Hall–Kier alpha value is -1.44. The van der Waals surface area contributed by atoms with Crippen molar-refractivity contribution in [2.75, 3.05) is 13.7 Å². The third-order valence-corrected chi connectivity index (χ3v) is 1.81. The fourth-order valence-corrected chi connectivity index (χ4v) is 1.04. The van der Waals surface area contributed by atoms with Gasteiger partial charge < -0.3 is 9.47 Å². The third kappa shape index (κ3) is 3.99. The summed E-state index contributed by atoms with van der Waals surface area (Å²) < 4.78 is 10.3. The molecule has 0 N–H and O–H groups in total. The number of hydrogen-bond acceptors (Lipinski definition) is 2. The lowest BCUT2D eigenvalue weighted by molar-refractivity contribution is 0.315. The largest absolute Gasteiger partial charge is 0.505 e. The average Bonchev–Trinajstić information content (AvgIpc) is 2.21. The summed E-state index contributed by atoms with van der Waals surface area (Å²) in [7, 11) is 1.64. The van der Waals surface area contributed by atoms with E-state index in [1.807, 2.05) is 30.3 Å². The van der Waals surface area contributed by atoms with Crippen LogP contribution in [0.4, 0.5) is 0 Å². The van der Waals surface area contributed by atoms with Gasteiger partial charge in [-0.05, 0) is 25.1 Å². The first-order valence-corrected chi connectivity index (χ1v) is 4.70. The van der Waals surface area contributed by atoms with Gasteiger partial charge in [-0.25, -0.2) is 0 Å². The van der Waals surface area contributed by atoms with Crippen LogP contribution < -0.4 is 4.74 Å². The zero-order valence-electron chi connectivity index (χ0n) is 8.69. The molecule has 0 aliphatic carbocycles. The molecule has 0 radical (unpaired) electrons. The van der Waals surface area contributed by atoms with Gasteiger partial charge in [0.15, 0.2) is 0 Å². The van der Waals surface area contributed by atoms with Gasteiger partial charge in [-0.15, -0.1) is 0 Å². The van der Waals surface area contributed by atoms with Crippen molar-refractivity contribution in [1.29, 1.82) is 0 Å². The van der Waals surface area contributed by atoms with Crippen LogP contribution in [0.1, 0.15) is 12.0 Å². The van der Waals surface area contributed by atoms with Gasteiger partial charge in [-0.3, -0.25) is 0 Å². The second kappa shape index (κ2) is 6.08. The van der Waals surface area contributed by atoms with Crippen LogP contribution in [0.5, 0.6) is 5.75 Å². The Balaban J connectivity index is 2.25. The summed E-state index contributed by atoms with van der Waals surface area (Å²) in [4.78, 5) is 0. The maximum Gasteiger partial charge on any atom is 0.119 e. The van der Waals surface area contributed by atoms with E-state index in [1.54, 1.807) is 13.4 Å². The van der Waals surface area contributed by atoms with Gasteiger partial charge in [-0.2, -0.15) is 0 Å². The lowest BCUT2D eigenvalue weighted by Crippen LogP contribution is -1.95. The van der Waals surface area contributed by atoms with Crippen LogP contribution in [0.3, 0.4) is 0 Å². The van der Waals surface area contributed by atoms with E-state index in [1.165, 1.54) is 5.56 Å². The molecule has 2 heteroatoms. The molecule has 1 rings (SSSR count). The van der Waals surface area contributed by atoms with E-state index < -0.39 is 0 Å². The molecule has 0 spiro atoms. The van der Waals surface area contributed by atoms with E-state index in [-0.39, 0.29) is 0 Å². The van der Waals surface area contributed by atoms with Crippen molar-refractivity contribution in [3.63, 3.8) is 0 Å². The highest BCUT2D eigenvalue weighted by atomic mass is 16.5. The molecule has 76 valence electrons. The number of methoxy groups -OCH3 is 1. The molecule has 1 aromatic rings. The van der Waals surface area contributed by atoms with E-state index in [9.17, 15) is 0 Å². The topological polar surface area (TPSA) is 18.5 Å². The normalized spacial score (nSPS) is 10.4. The van der Waals surface area contributed by atoms with Crippen molar-refractivity contribution in [3.05, 3.63) is 42.2 Å². The van der Waals surface area contributed by atoms with E-state index >= 15 is 0 Å². The summed E-state index contributed by atoms with van der Waals surface area (Å²) in [5, 5.41) is 0. The summed E-state index contributed by atoms with van der Waals surface area (Å²) >= 11 is 0. The molecule has 14 heavy (non-hydrogen) atoms. The zero-order chi connectivity index (χ0) is 10.2. The molecule has 0 unspecified atom stereocenters. The Morgan fingerprint density at radius 3 is 2.57 bits per heavy atom. The molecule has 1 aromatic carbocycles. The van der Waals surface area contributed by atoms with Crippen LogP contribution in [0, 0.1) is 6.92 Å². The minimum atomic E-state index is 0.683. The molecule has 2 nitrogen and oxygen atoms in total. The van der Waals surface area contributed by atoms with Crippen molar-refractivity contribution in [1.82, 2.24) is 0 Å². The molecule has 0 fully saturated rings. The maximum atomic E-state index is 5.50. The fourth-order valence-electron chi connectivity index (χ4n) is 1.04. The lowest BCUT2D eigenvalue weighted by Gasteiger charge is -2.03. The molecular weight excluding hydrogens is 176 g/mol. The van der Waals surface area contributed by atoms with Gasteiger partial charge in [0.2, 0.25) is 0 Å². The second-order valence-corrected chi connectivity index (χ2v) is 3.06. The van der Waals surface area contributed by atoms with E-state index in [2.05, 4.69) is 6.92 Å². The van der Waals surface area contributed by atoms with Crippen LogP contribution in [-0.2, 0) is 4.74 Å². The molecule has 0 aromatic heterocycles. The lowest BCUT2D eigenvalue weighted by atomic mass is 10.2. The minimum absolute atomic E-state index is 0.683. The van der Waals surface area contributed by atoms with Gasteiger partial charge >= 0.3 is 0 Å². The number of aryl methyl sites for hydroxylation is 1. The molecule has 0 aliphatic rings. The van der Waals surface area contributed by atoms with E-state index in [0.29, 0.717) is 6.61 Å². The first-order chi connectivity index (χ1) is 6.83. The molecule has 0 saturated heterocycles. The second-order valence-electron chi connectivity index (χ2n) is 3.06.